The van der Waals surface area contributed by atoms with Gasteiger partial charge < -0.3 is 14.9 Å². The number of carboxylic acid groups (broad SMARTS) is 2. The Kier molecular flexibility index (Phi) is 13.2. The second-order valence-corrected chi connectivity index (χ2v) is 8.77. The van der Waals surface area contributed by atoms with E-state index in [2.05, 4.69) is 4.90 Å². The van der Waals surface area contributed by atoms with E-state index in [9.17, 15) is 9.59 Å². The predicted octanol–water partition coefficient (Wildman–Crippen LogP) is 6.94. The molecule has 0 radical (unpaired) electrons. The van der Waals surface area contributed by atoms with Crippen molar-refractivity contribution in [1.29, 1.82) is 0 Å². The molecule has 2 N–H and O–H groups in total. The maximum absolute atomic E-state index is 11.1. The van der Waals surface area contributed by atoms with Gasteiger partial charge in [0.05, 0.1) is 5.56 Å². The molecule has 0 aliphatic rings. The third-order valence-corrected chi connectivity index (χ3v) is 6.10. The van der Waals surface area contributed by atoms with Crippen molar-refractivity contribution in [1.82, 2.24) is 4.90 Å². The van der Waals surface area contributed by atoms with Gasteiger partial charge >= 0.3 is 11.9 Å². The fraction of sp³-hybridized carbons (Fsp3) is 0.333. The minimum atomic E-state index is -0.949. The van der Waals surface area contributed by atoms with E-state index in [4.69, 9.17) is 26.6 Å². The van der Waals surface area contributed by atoms with Crippen LogP contribution in [0.1, 0.15) is 60.2 Å². The molecule has 0 aliphatic carbocycles. The maximum atomic E-state index is 11.1. The number of hydrogen-bond donors (Lipinski definition) is 2. The Hall–Kier alpha value is -3.35. The van der Waals surface area contributed by atoms with Crippen LogP contribution in [0, 0.1) is 0 Å². The second-order valence-electron chi connectivity index (χ2n) is 8.37. The van der Waals surface area contributed by atoms with Gasteiger partial charge in [-0.15, -0.1) is 0 Å². The van der Waals surface area contributed by atoms with Crippen LogP contribution in [-0.2, 0) is 24.4 Å². The van der Waals surface area contributed by atoms with Crippen molar-refractivity contribution in [3.05, 3.63) is 100 Å². The van der Waals surface area contributed by atoms with Crippen LogP contribution in [-0.4, -0.2) is 40.1 Å². The van der Waals surface area contributed by atoms with Crippen LogP contribution in [0.4, 0.5) is 0 Å². The van der Waals surface area contributed by atoms with E-state index in [-0.39, 0.29) is 12.0 Å². The Morgan fingerprint density at radius 3 is 2.14 bits per heavy atom. The average Bonchev–Trinajstić information content (AvgIpc) is 2.91. The highest BCUT2D eigenvalue weighted by molar-refractivity contribution is 6.31. The fourth-order valence-corrected chi connectivity index (χ4v) is 3.98. The first kappa shape index (κ1) is 29.9. The van der Waals surface area contributed by atoms with Crippen molar-refractivity contribution in [2.45, 2.75) is 52.7 Å². The van der Waals surface area contributed by atoms with Gasteiger partial charge in [-0.05, 0) is 61.2 Å². The molecule has 3 aromatic carbocycles. The number of nitrogens with zero attached hydrogens (tertiary/aromatic N) is 1. The number of hydrogen-bond acceptors (Lipinski definition) is 4. The molecule has 0 atom stereocenters. The summed E-state index contributed by atoms with van der Waals surface area (Å²) in [6.07, 6.45) is 2.29. The average molecular weight is 526 g/mol. The highest BCUT2D eigenvalue weighted by atomic mass is 35.5. The van der Waals surface area contributed by atoms with E-state index in [0.717, 1.165) is 48.4 Å². The summed E-state index contributed by atoms with van der Waals surface area (Å²) in [6.45, 7) is 6.53. The summed E-state index contributed by atoms with van der Waals surface area (Å²) >= 11 is 6.26. The number of aromatic carboxylic acids is 1. The molecule has 0 aliphatic heterocycles. The number of carboxylic acids is 2. The van der Waals surface area contributed by atoms with Gasteiger partial charge in [0.2, 0.25) is 0 Å². The topological polar surface area (TPSA) is 87.1 Å². The molecular weight excluding hydrogens is 490 g/mol. The number of aliphatic carboxylic acids is 1. The summed E-state index contributed by atoms with van der Waals surface area (Å²) in [5.74, 6) is -0.926. The molecule has 198 valence electrons. The van der Waals surface area contributed by atoms with Crippen LogP contribution in [0.3, 0.4) is 0 Å². The van der Waals surface area contributed by atoms with E-state index in [1.165, 1.54) is 0 Å². The van der Waals surface area contributed by atoms with Gasteiger partial charge in [0.1, 0.15) is 12.4 Å². The van der Waals surface area contributed by atoms with Crippen LogP contribution in [0.15, 0.2) is 72.8 Å². The van der Waals surface area contributed by atoms with E-state index in [0.29, 0.717) is 24.6 Å². The molecule has 6 nitrogen and oxygen atoms in total. The molecule has 37 heavy (non-hydrogen) atoms. The number of ether oxygens (including phenoxy) is 1. The Morgan fingerprint density at radius 2 is 1.49 bits per heavy atom. The number of unbranched alkanes of at least 4 members (excludes halogenated alkanes) is 1. The van der Waals surface area contributed by atoms with Crippen molar-refractivity contribution in [2.24, 2.45) is 0 Å². The Balaban J connectivity index is 0.00000235. The summed E-state index contributed by atoms with van der Waals surface area (Å²) in [7, 11) is 0. The molecule has 0 spiro atoms. The predicted molar refractivity (Wildman–Crippen MR) is 147 cm³/mol. The lowest BCUT2D eigenvalue weighted by atomic mass is 10.1. The third kappa shape index (κ3) is 10.7. The molecule has 7 heteroatoms. The molecule has 0 aromatic heterocycles. The first-order chi connectivity index (χ1) is 17.9. The Bertz CT molecular complexity index is 1120. The number of benzene rings is 3. The molecule has 3 rings (SSSR count). The van der Waals surface area contributed by atoms with Crippen LogP contribution < -0.4 is 4.74 Å². The smallest absolute Gasteiger partial charge is 0.335 e. The van der Waals surface area contributed by atoms with Gasteiger partial charge in [-0.3, -0.25) is 9.69 Å². The summed E-state index contributed by atoms with van der Waals surface area (Å²) in [5, 5.41) is 18.7. The lowest BCUT2D eigenvalue weighted by Crippen LogP contribution is -2.27. The van der Waals surface area contributed by atoms with Crippen molar-refractivity contribution in [3.63, 3.8) is 0 Å². The molecule has 0 unspecified atom stereocenters. The van der Waals surface area contributed by atoms with Crippen LogP contribution in [0.2, 0.25) is 5.02 Å². The lowest BCUT2D eigenvalue weighted by Gasteiger charge is -2.23. The van der Waals surface area contributed by atoms with E-state index < -0.39 is 11.9 Å². The Labute approximate surface area is 224 Å². The molecule has 0 heterocycles. The van der Waals surface area contributed by atoms with E-state index in [1.54, 1.807) is 12.1 Å². The second kappa shape index (κ2) is 16.4. The van der Waals surface area contributed by atoms with Crippen molar-refractivity contribution < 1.29 is 24.5 Å². The molecule has 0 amide bonds. The number of halogens is 1. The van der Waals surface area contributed by atoms with Crippen LogP contribution >= 0.6 is 11.6 Å². The first-order valence-electron chi connectivity index (χ1n) is 12.6. The SMILES string of the molecule is CC.O=C(O)CCCCN(CCc1ccccc1OCc1ccccc1Cl)Cc1ccc(C(=O)O)cc1. The lowest BCUT2D eigenvalue weighted by molar-refractivity contribution is -0.137. The minimum Gasteiger partial charge on any atom is -0.489 e. The maximum Gasteiger partial charge on any atom is 0.335 e. The Morgan fingerprint density at radius 1 is 0.838 bits per heavy atom. The summed E-state index contributed by atoms with van der Waals surface area (Å²) < 4.78 is 6.09. The number of para-hydroxylation sites is 1. The zero-order valence-electron chi connectivity index (χ0n) is 21.5. The highest BCUT2D eigenvalue weighted by Gasteiger charge is 2.11. The summed E-state index contributed by atoms with van der Waals surface area (Å²) in [4.78, 5) is 24.3. The van der Waals surface area contributed by atoms with Crippen molar-refractivity contribution >= 4 is 23.5 Å². The summed E-state index contributed by atoms with van der Waals surface area (Å²) in [5.41, 5.74) is 3.27. The molecule has 0 bridgehead atoms. The molecular formula is C30H36ClNO5. The molecule has 0 saturated carbocycles. The molecule has 0 fully saturated rings. The summed E-state index contributed by atoms with van der Waals surface area (Å²) in [6, 6.07) is 22.4. The van der Waals surface area contributed by atoms with Gasteiger partial charge in [-0.2, -0.15) is 0 Å². The van der Waals surface area contributed by atoms with Gasteiger partial charge in [0, 0.05) is 30.1 Å². The molecule has 3 aromatic rings. The van der Waals surface area contributed by atoms with Gasteiger partial charge in [-0.1, -0.05) is 74.0 Å². The van der Waals surface area contributed by atoms with Crippen LogP contribution in [0.5, 0.6) is 5.75 Å². The molecule has 0 saturated heterocycles. The first-order valence-corrected chi connectivity index (χ1v) is 13.0. The van der Waals surface area contributed by atoms with Crippen LogP contribution in [0.25, 0.3) is 0 Å². The third-order valence-electron chi connectivity index (χ3n) is 5.73. The van der Waals surface area contributed by atoms with Gasteiger partial charge in [0.25, 0.3) is 0 Å². The monoisotopic (exact) mass is 525 g/mol. The number of rotatable bonds is 14. The standard InChI is InChI=1S/C28H30ClNO5.C2H6/c29-25-9-3-1-8-24(25)20-35-26-10-4-2-7-22(26)16-18-30(17-6-5-11-27(31)32)19-21-12-14-23(15-13-21)28(33)34;1-2/h1-4,7-10,12-15H,5-6,11,16-20H2,(H,31,32)(H,33,34);1-2H3. The minimum absolute atomic E-state index is 0.153. The van der Waals surface area contributed by atoms with E-state index >= 15 is 0 Å². The van der Waals surface area contributed by atoms with E-state index in [1.807, 2.05) is 74.5 Å². The highest BCUT2D eigenvalue weighted by Crippen LogP contribution is 2.23. The van der Waals surface area contributed by atoms with Crippen molar-refractivity contribution in [3.8, 4) is 5.75 Å². The quantitative estimate of drug-likeness (QED) is 0.222. The van der Waals surface area contributed by atoms with Gasteiger partial charge in [-0.25, -0.2) is 4.79 Å². The zero-order chi connectivity index (χ0) is 27.0. The number of carbonyl (C=O) groups is 2. The largest absolute Gasteiger partial charge is 0.489 e. The van der Waals surface area contributed by atoms with Crippen molar-refractivity contribution in [2.75, 3.05) is 13.1 Å². The van der Waals surface area contributed by atoms with Gasteiger partial charge in [0.15, 0.2) is 0 Å². The normalized spacial score (nSPS) is 10.5. The zero-order valence-corrected chi connectivity index (χ0v) is 22.3. The fourth-order valence-electron chi connectivity index (χ4n) is 3.79.